The number of hydrogen-bond acceptors (Lipinski definition) is 3. The third-order valence-corrected chi connectivity index (χ3v) is 2.77. The first-order valence-corrected chi connectivity index (χ1v) is 5.92. The Balaban J connectivity index is 2.24. The average Bonchev–Trinajstić information content (AvgIpc) is 2.41. The fourth-order valence-corrected chi connectivity index (χ4v) is 1.77. The number of carbonyl (C=O) groups excluding carboxylic acids is 1. The summed E-state index contributed by atoms with van der Waals surface area (Å²) < 4.78 is 5.12. The van der Waals surface area contributed by atoms with Crippen molar-refractivity contribution in [1.82, 2.24) is 0 Å². The third kappa shape index (κ3) is 3.17. The van der Waals surface area contributed by atoms with Crippen LogP contribution in [0.2, 0.25) is 5.02 Å². The van der Waals surface area contributed by atoms with Gasteiger partial charge in [0.15, 0.2) is 0 Å². The second-order valence-electron chi connectivity index (χ2n) is 3.85. The van der Waals surface area contributed by atoms with Crippen LogP contribution in [0.3, 0.4) is 0 Å². The Labute approximate surface area is 115 Å². The third-order valence-electron chi connectivity index (χ3n) is 2.53. The zero-order valence-corrected chi connectivity index (χ0v) is 10.9. The summed E-state index contributed by atoms with van der Waals surface area (Å²) in [6.45, 7) is 0. The number of halogens is 1. The first-order valence-electron chi connectivity index (χ1n) is 5.54. The van der Waals surface area contributed by atoms with Crippen molar-refractivity contribution >= 4 is 23.2 Å². The van der Waals surface area contributed by atoms with Gasteiger partial charge in [0.05, 0.1) is 12.7 Å². The van der Waals surface area contributed by atoms with E-state index in [-0.39, 0.29) is 11.7 Å². The van der Waals surface area contributed by atoms with E-state index in [2.05, 4.69) is 5.32 Å². The summed E-state index contributed by atoms with van der Waals surface area (Å²) in [6.07, 6.45) is 0. The number of methoxy groups -OCH3 is 1. The predicted octanol–water partition coefficient (Wildman–Crippen LogP) is 3.31. The average molecular weight is 278 g/mol. The van der Waals surface area contributed by atoms with Crippen molar-refractivity contribution in [3.63, 3.8) is 0 Å². The molecule has 0 aliphatic carbocycles. The Hall–Kier alpha value is -2.20. The normalized spacial score (nSPS) is 10.0. The van der Waals surface area contributed by atoms with Gasteiger partial charge in [0.1, 0.15) is 11.5 Å². The first-order chi connectivity index (χ1) is 9.10. The van der Waals surface area contributed by atoms with Crippen LogP contribution in [0.25, 0.3) is 0 Å². The largest absolute Gasteiger partial charge is 0.508 e. The number of ether oxygens (including phenoxy) is 1. The van der Waals surface area contributed by atoms with E-state index in [1.807, 2.05) is 0 Å². The molecule has 0 aliphatic rings. The summed E-state index contributed by atoms with van der Waals surface area (Å²) in [5, 5.41) is 12.3. The molecule has 2 aromatic rings. The highest BCUT2D eigenvalue weighted by Gasteiger charge is 2.13. The van der Waals surface area contributed by atoms with Gasteiger partial charge in [-0.15, -0.1) is 0 Å². The smallest absolute Gasteiger partial charge is 0.259 e. The summed E-state index contributed by atoms with van der Waals surface area (Å²) in [5.41, 5.74) is 0.924. The Morgan fingerprint density at radius 1 is 1.21 bits per heavy atom. The molecule has 0 unspecified atom stereocenters. The summed E-state index contributed by atoms with van der Waals surface area (Å²) in [6, 6.07) is 11.0. The van der Waals surface area contributed by atoms with Crippen molar-refractivity contribution in [2.75, 3.05) is 12.4 Å². The van der Waals surface area contributed by atoms with Gasteiger partial charge < -0.3 is 15.2 Å². The van der Waals surface area contributed by atoms with Crippen molar-refractivity contribution in [2.24, 2.45) is 0 Å². The maximum atomic E-state index is 12.1. The van der Waals surface area contributed by atoms with Crippen LogP contribution in [0, 0.1) is 0 Å². The molecule has 19 heavy (non-hydrogen) atoms. The summed E-state index contributed by atoms with van der Waals surface area (Å²) in [5.74, 6) is 0.254. The van der Waals surface area contributed by atoms with E-state index in [0.717, 1.165) is 0 Å². The fourth-order valence-electron chi connectivity index (χ4n) is 1.60. The quantitative estimate of drug-likeness (QED) is 0.846. The molecule has 0 aliphatic heterocycles. The van der Waals surface area contributed by atoms with Crippen molar-refractivity contribution in [3.8, 4) is 11.5 Å². The molecule has 98 valence electrons. The van der Waals surface area contributed by atoms with Crippen molar-refractivity contribution in [1.29, 1.82) is 0 Å². The minimum Gasteiger partial charge on any atom is -0.508 e. The van der Waals surface area contributed by atoms with Crippen LogP contribution in [0.5, 0.6) is 11.5 Å². The Morgan fingerprint density at radius 2 is 1.89 bits per heavy atom. The molecule has 0 bridgehead atoms. The minimum atomic E-state index is -0.329. The van der Waals surface area contributed by atoms with E-state index in [1.54, 1.807) is 24.3 Å². The first kappa shape index (κ1) is 13.2. The second kappa shape index (κ2) is 5.63. The van der Waals surface area contributed by atoms with E-state index in [0.29, 0.717) is 22.0 Å². The van der Waals surface area contributed by atoms with E-state index in [4.69, 9.17) is 16.3 Å². The number of aromatic hydroxyl groups is 1. The zero-order chi connectivity index (χ0) is 13.8. The lowest BCUT2D eigenvalue weighted by atomic mass is 10.2. The molecule has 2 aromatic carbocycles. The van der Waals surface area contributed by atoms with Crippen LogP contribution in [0.15, 0.2) is 42.5 Å². The monoisotopic (exact) mass is 277 g/mol. The number of nitrogens with one attached hydrogen (secondary N) is 1. The van der Waals surface area contributed by atoms with Crippen LogP contribution >= 0.6 is 11.6 Å². The topological polar surface area (TPSA) is 58.6 Å². The second-order valence-corrected chi connectivity index (χ2v) is 4.28. The Morgan fingerprint density at radius 3 is 2.53 bits per heavy atom. The maximum absolute atomic E-state index is 12.1. The van der Waals surface area contributed by atoms with Gasteiger partial charge in [0, 0.05) is 10.7 Å². The number of anilines is 1. The van der Waals surface area contributed by atoms with Crippen LogP contribution in [-0.4, -0.2) is 18.1 Å². The molecule has 5 heteroatoms. The van der Waals surface area contributed by atoms with E-state index in [1.165, 1.54) is 25.3 Å². The number of benzene rings is 2. The lowest BCUT2D eigenvalue weighted by Gasteiger charge is -2.09. The molecule has 2 rings (SSSR count). The number of amides is 1. The molecule has 4 nitrogen and oxygen atoms in total. The molecule has 0 spiro atoms. The van der Waals surface area contributed by atoms with Gasteiger partial charge in [-0.2, -0.15) is 0 Å². The standard InChI is InChI=1S/C14H12ClNO3/c1-19-13-7-2-9(15)8-12(13)14(18)16-10-3-5-11(17)6-4-10/h2-8,17H,1H3,(H,16,18). The maximum Gasteiger partial charge on any atom is 0.259 e. The SMILES string of the molecule is COc1ccc(Cl)cc1C(=O)Nc1ccc(O)cc1. The molecule has 0 heterocycles. The number of phenols is 1. The van der Waals surface area contributed by atoms with Gasteiger partial charge in [-0.1, -0.05) is 11.6 Å². The van der Waals surface area contributed by atoms with Crippen LogP contribution in [0.1, 0.15) is 10.4 Å². The van der Waals surface area contributed by atoms with Crippen LogP contribution in [-0.2, 0) is 0 Å². The number of hydrogen-bond donors (Lipinski definition) is 2. The van der Waals surface area contributed by atoms with Crippen LogP contribution < -0.4 is 10.1 Å². The van der Waals surface area contributed by atoms with Crippen LogP contribution in [0.4, 0.5) is 5.69 Å². The number of carbonyl (C=O) groups is 1. The highest BCUT2D eigenvalue weighted by molar-refractivity contribution is 6.31. The molecule has 0 atom stereocenters. The molecule has 1 amide bonds. The van der Waals surface area contributed by atoms with E-state index in [9.17, 15) is 9.90 Å². The van der Waals surface area contributed by atoms with Gasteiger partial charge in [-0.05, 0) is 42.5 Å². The summed E-state index contributed by atoms with van der Waals surface area (Å²) >= 11 is 5.87. The van der Waals surface area contributed by atoms with Gasteiger partial charge >= 0.3 is 0 Å². The molecule has 0 saturated carbocycles. The van der Waals surface area contributed by atoms with Crippen molar-refractivity contribution < 1.29 is 14.6 Å². The number of rotatable bonds is 3. The molecule has 0 aromatic heterocycles. The molecule has 0 radical (unpaired) electrons. The van der Waals surface area contributed by atoms with Gasteiger partial charge in [-0.3, -0.25) is 4.79 Å². The van der Waals surface area contributed by atoms with E-state index >= 15 is 0 Å². The van der Waals surface area contributed by atoms with Crippen molar-refractivity contribution in [3.05, 3.63) is 53.1 Å². The number of phenolic OH excluding ortho intramolecular Hbond substituents is 1. The van der Waals surface area contributed by atoms with Crippen molar-refractivity contribution in [2.45, 2.75) is 0 Å². The highest BCUT2D eigenvalue weighted by Crippen LogP contribution is 2.24. The molecular formula is C14H12ClNO3. The predicted molar refractivity (Wildman–Crippen MR) is 74.1 cm³/mol. The highest BCUT2D eigenvalue weighted by atomic mass is 35.5. The lowest BCUT2D eigenvalue weighted by Crippen LogP contribution is -2.13. The van der Waals surface area contributed by atoms with Gasteiger partial charge in [0.2, 0.25) is 0 Å². The molecular weight excluding hydrogens is 266 g/mol. The summed E-state index contributed by atoms with van der Waals surface area (Å²) in [4.78, 5) is 12.1. The summed E-state index contributed by atoms with van der Waals surface area (Å²) in [7, 11) is 1.49. The fraction of sp³-hybridized carbons (Fsp3) is 0.0714. The minimum absolute atomic E-state index is 0.137. The molecule has 0 saturated heterocycles. The Bertz CT molecular complexity index is 596. The Kier molecular flexibility index (Phi) is 3.92. The van der Waals surface area contributed by atoms with Gasteiger partial charge in [0.25, 0.3) is 5.91 Å². The van der Waals surface area contributed by atoms with Gasteiger partial charge in [-0.25, -0.2) is 0 Å². The lowest BCUT2D eigenvalue weighted by molar-refractivity contribution is 0.102. The zero-order valence-electron chi connectivity index (χ0n) is 10.2. The molecule has 2 N–H and O–H groups in total. The van der Waals surface area contributed by atoms with E-state index < -0.39 is 0 Å². The molecule has 0 fully saturated rings.